The first-order chi connectivity index (χ1) is 16.9. The molecule has 0 radical (unpaired) electrons. The van der Waals surface area contributed by atoms with E-state index in [0.29, 0.717) is 11.5 Å². The normalized spacial score (nSPS) is 14.7. The molecule has 0 saturated heterocycles. The Bertz CT molecular complexity index is 1340. The molecule has 184 valence electrons. The van der Waals surface area contributed by atoms with Crippen LogP contribution in [0.1, 0.15) is 86.1 Å². The van der Waals surface area contributed by atoms with Gasteiger partial charge >= 0.3 is 0 Å². The highest BCUT2D eigenvalue weighted by Crippen LogP contribution is 2.52. The van der Waals surface area contributed by atoms with E-state index in [1.807, 2.05) is 12.1 Å². The Kier molecular flexibility index (Phi) is 5.55. The average Bonchev–Trinajstić information content (AvgIpc) is 2.82. The molecule has 0 amide bonds. The van der Waals surface area contributed by atoms with Crippen LogP contribution in [0.2, 0.25) is 0 Å². The molecule has 0 saturated carbocycles. The first-order valence-corrected chi connectivity index (χ1v) is 12.8. The summed E-state index contributed by atoms with van der Waals surface area (Å²) in [5.41, 5.74) is 8.15. The minimum absolute atomic E-state index is 0.222. The van der Waals surface area contributed by atoms with Crippen molar-refractivity contribution >= 4 is 0 Å². The van der Waals surface area contributed by atoms with Gasteiger partial charge < -0.3 is 10.2 Å². The summed E-state index contributed by atoms with van der Waals surface area (Å²) in [5.74, 6) is 0.639. The molecule has 2 nitrogen and oxygen atoms in total. The lowest BCUT2D eigenvalue weighted by Gasteiger charge is -2.43. The summed E-state index contributed by atoms with van der Waals surface area (Å²) in [5, 5.41) is 21.7. The predicted octanol–water partition coefficient (Wildman–Crippen LogP) is 7.98. The van der Waals surface area contributed by atoms with E-state index < -0.39 is 5.41 Å². The molecular formula is C34H36O2. The van der Waals surface area contributed by atoms with Crippen LogP contribution < -0.4 is 0 Å². The average molecular weight is 477 g/mol. The third-order valence-electron chi connectivity index (χ3n) is 7.70. The Morgan fingerprint density at radius 2 is 0.944 bits per heavy atom. The van der Waals surface area contributed by atoms with Crippen LogP contribution in [0.15, 0.2) is 84.9 Å². The van der Waals surface area contributed by atoms with Gasteiger partial charge in [-0.3, -0.25) is 0 Å². The number of rotatable bonds is 2. The maximum Gasteiger partial charge on any atom is 0.119 e. The minimum atomic E-state index is -0.590. The zero-order valence-corrected chi connectivity index (χ0v) is 22.2. The van der Waals surface area contributed by atoms with Crippen LogP contribution in [0.25, 0.3) is 0 Å². The molecule has 0 atom stereocenters. The molecule has 5 rings (SSSR count). The van der Waals surface area contributed by atoms with Crippen molar-refractivity contribution in [2.45, 2.75) is 64.2 Å². The fourth-order valence-electron chi connectivity index (χ4n) is 5.96. The third-order valence-corrected chi connectivity index (χ3v) is 7.70. The summed E-state index contributed by atoms with van der Waals surface area (Å²) in [6, 6.07) is 29.7. The highest BCUT2D eigenvalue weighted by atomic mass is 16.3. The monoisotopic (exact) mass is 476 g/mol. The molecule has 0 spiro atoms. The van der Waals surface area contributed by atoms with Crippen LogP contribution >= 0.6 is 0 Å². The molecule has 4 aromatic carbocycles. The number of aromatic hydroxyl groups is 2. The van der Waals surface area contributed by atoms with Crippen LogP contribution in [0, 0.1) is 0 Å². The van der Waals surface area contributed by atoms with Gasteiger partial charge in [0, 0.05) is 0 Å². The van der Waals surface area contributed by atoms with Gasteiger partial charge in [0.2, 0.25) is 0 Å². The van der Waals surface area contributed by atoms with Crippen LogP contribution in [-0.4, -0.2) is 10.2 Å². The molecular weight excluding hydrogens is 440 g/mol. The summed E-state index contributed by atoms with van der Waals surface area (Å²) in [7, 11) is 0. The van der Waals surface area contributed by atoms with E-state index >= 15 is 0 Å². The highest BCUT2D eigenvalue weighted by Gasteiger charge is 2.44. The summed E-state index contributed by atoms with van der Waals surface area (Å²) < 4.78 is 0. The summed E-state index contributed by atoms with van der Waals surface area (Å²) in [4.78, 5) is 0. The van der Waals surface area contributed by atoms with Crippen molar-refractivity contribution in [3.05, 3.63) is 129 Å². The first-order valence-electron chi connectivity index (χ1n) is 12.8. The maximum atomic E-state index is 10.9. The number of hydrogen-bond acceptors (Lipinski definition) is 2. The number of phenols is 2. The fraction of sp³-hybridized carbons (Fsp3) is 0.294. The zero-order chi connectivity index (χ0) is 25.9. The summed E-state index contributed by atoms with van der Waals surface area (Å²) >= 11 is 0. The van der Waals surface area contributed by atoms with E-state index in [0.717, 1.165) is 28.7 Å². The van der Waals surface area contributed by atoms with E-state index in [-0.39, 0.29) is 10.8 Å². The largest absolute Gasteiger partial charge is 0.508 e. The Hall–Kier alpha value is -3.52. The first kappa shape index (κ1) is 24.2. The molecule has 0 aliphatic heterocycles. The molecule has 4 aromatic rings. The van der Waals surface area contributed by atoms with E-state index in [2.05, 4.69) is 114 Å². The molecule has 1 aliphatic rings. The third kappa shape index (κ3) is 3.71. The molecule has 36 heavy (non-hydrogen) atoms. The van der Waals surface area contributed by atoms with Crippen molar-refractivity contribution in [2.24, 2.45) is 0 Å². The Labute approximate surface area is 215 Å². The van der Waals surface area contributed by atoms with Gasteiger partial charge in [-0.2, -0.15) is 0 Å². The Balaban J connectivity index is 1.97. The molecule has 0 unspecified atom stereocenters. The second kappa shape index (κ2) is 8.27. The fourth-order valence-corrected chi connectivity index (χ4v) is 5.96. The summed E-state index contributed by atoms with van der Waals surface area (Å²) in [6.45, 7) is 12.8. The van der Waals surface area contributed by atoms with Crippen LogP contribution in [-0.2, 0) is 22.7 Å². The zero-order valence-electron chi connectivity index (χ0n) is 22.2. The van der Waals surface area contributed by atoms with Gasteiger partial charge in [-0.25, -0.2) is 0 Å². The quantitative estimate of drug-likeness (QED) is 0.271. The van der Waals surface area contributed by atoms with Crippen LogP contribution in [0.3, 0.4) is 0 Å². The topological polar surface area (TPSA) is 40.5 Å². The van der Waals surface area contributed by atoms with Crippen LogP contribution in [0.4, 0.5) is 0 Å². The lowest BCUT2D eigenvalue weighted by atomic mass is 9.59. The van der Waals surface area contributed by atoms with E-state index in [9.17, 15) is 10.2 Å². The molecule has 0 fully saturated rings. The lowest BCUT2D eigenvalue weighted by Crippen LogP contribution is -2.36. The van der Waals surface area contributed by atoms with Crippen molar-refractivity contribution in [1.29, 1.82) is 0 Å². The maximum absolute atomic E-state index is 10.9. The van der Waals surface area contributed by atoms with Crippen LogP contribution in [0.5, 0.6) is 11.5 Å². The number of fused-ring (bicyclic) bond motifs is 2. The SMILES string of the molecule is CC(C)(C)c1cc(C2(c3ccc(O)c(C(C)(C)C)c3)c3ccccc3Cc3ccccc32)ccc1O. The minimum Gasteiger partial charge on any atom is -0.508 e. The molecule has 1 aliphatic carbocycles. The van der Waals surface area contributed by atoms with Crippen molar-refractivity contribution in [3.8, 4) is 11.5 Å². The Morgan fingerprint density at radius 1 is 0.556 bits per heavy atom. The molecule has 0 heterocycles. The van der Waals surface area contributed by atoms with E-state index in [1.54, 1.807) is 0 Å². The molecule has 2 heteroatoms. The van der Waals surface area contributed by atoms with Gasteiger partial charge in [-0.1, -0.05) is 114 Å². The van der Waals surface area contributed by atoms with Gasteiger partial charge in [0.05, 0.1) is 5.41 Å². The second-order valence-electron chi connectivity index (χ2n) is 12.2. The Morgan fingerprint density at radius 3 is 1.33 bits per heavy atom. The van der Waals surface area contributed by atoms with Gasteiger partial charge in [-0.15, -0.1) is 0 Å². The van der Waals surface area contributed by atoms with Crippen molar-refractivity contribution in [1.82, 2.24) is 0 Å². The predicted molar refractivity (Wildman–Crippen MR) is 148 cm³/mol. The smallest absolute Gasteiger partial charge is 0.119 e. The van der Waals surface area contributed by atoms with Gasteiger partial charge in [0.15, 0.2) is 0 Å². The van der Waals surface area contributed by atoms with Crippen molar-refractivity contribution < 1.29 is 10.2 Å². The molecule has 0 bridgehead atoms. The molecule has 2 N–H and O–H groups in total. The lowest BCUT2D eigenvalue weighted by molar-refractivity contribution is 0.445. The number of phenolic OH excluding ortho intramolecular Hbond substituents is 2. The number of hydrogen-bond donors (Lipinski definition) is 2. The second-order valence-corrected chi connectivity index (χ2v) is 12.2. The van der Waals surface area contributed by atoms with Crippen molar-refractivity contribution in [2.75, 3.05) is 0 Å². The molecule has 0 aromatic heterocycles. The standard InChI is InChI=1S/C34H36O2/c1-32(2,3)28-20-24(15-17-30(28)35)34(25-16-18-31(36)29(21-25)33(4,5)6)26-13-9-7-11-22(26)19-23-12-8-10-14-27(23)34/h7-18,20-21,35-36H,19H2,1-6H3. The van der Waals surface area contributed by atoms with E-state index in [4.69, 9.17) is 0 Å². The number of benzene rings is 4. The van der Waals surface area contributed by atoms with Gasteiger partial charge in [0.25, 0.3) is 0 Å². The highest BCUT2D eigenvalue weighted by molar-refractivity contribution is 5.68. The van der Waals surface area contributed by atoms with Gasteiger partial charge in [0.1, 0.15) is 11.5 Å². The van der Waals surface area contributed by atoms with Crippen molar-refractivity contribution in [3.63, 3.8) is 0 Å². The van der Waals surface area contributed by atoms with Gasteiger partial charge in [-0.05, 0) is 73.9 Å². The summed E-state index contributed by atoms with van der Waals surface area (Å²) in [6.07, 6.45) is 0.877. The van der Waals surface area contributed by atoms with E-state index in [1.165, 1.54) is 22.3 Å².